The van der Waals surface area contributed by atoms with Gasteiger partial charge in [-0.1, -0.05) is 17.7 Å². The molecular weight excluding hydrogens is 666 g/mol. The van der Waals surface area contributed by atoms with Gasteiger partial charge in [0.15, 0.2) is 5.82 Å². The third-order valence-corrected chi connectivity index (χ3v) is 7.52. The summed E-state index contributed by atoms with van der Waals surface area (Å²) in [7, 11) is 0. The van der Waals surface area contributed by atoms with Crippen LogP contribution in [0.25, 0.3) is 0 Å². The molecule has 224 valence electrons. The van der Waals surface area contributed by atoms with E-state index >= 15 is 4.39 Å². The van der Waals surface area contributed by atoms with Gasteiger partial charge >= 0.3 is 12.4 Å². The Labute approximate surface area is 247 Å². The van der Waals surface area contributed by atoms with Gasteiger partial charge < -0.3 is 10.2 Å². The molecule has 15 heteroatoms. The van der Waals surface area contributed by atoms with Crippen molar-refractivity contribution < 1.29 is 44.7 Å². The Morgan fingerprint density at radius 1 is 1.05 bits per heavy atom. The maximum Gasteiger partial charge on any atom is 0.426 e. The molecule has 0 bridgehead atoms. The Morgan fingerprint density at radius 2 is 1.69 bits per heavy atom. The van der Waals surface area contributed by atoms with Crippen molar-refractivity contribution in [3.8, 4) is 0 Å². The normalized spacial score (nSPS) is 15.2. The summed E-state index contributed by atoms with van der Waals surface area (Å²) in [5.74, 6) is -3.36. The lowest BCUT2D eigenvalue weighted by Gasteiger charge is -2.26. The lowest BCUT2D eigenvalue weighted by molar-refractivity contribution is -0.228. The van der Waals surface area contributed by atoms with E-state index in [4.69, 9.17) is 11.6 Å². The number of hydrogen-bond acceptors (Lipinski definition) is 3. The zero-order valence-electron chi connectivity index (χ0n) is 21.3. The Hall–Kier alpha value is -3.26. The second kappa shape index (κ2) is 11.4. The van der Waals surface area contributed by atoms with Crippen LogP contribution in [0.1, 0.15) is 51.6 Å². The van der Waals surface area contributed by atoms with Crippen molar-refractivity contribution in [1.29, 1.82) is 0 Å². The molecule has 2 amide bonds. The van der Waals surface area contributed by atoms with Gasteiger partial charge in [0.2, 0.25) is 5.67 Å². The van der Waals surface area contributed by atoms with Crippen molar-refractivity contribution in [2.24, 2.45) is 5.92 Å². The third kappa shape index (κ3) is 6.38. The summed E-state index contributed by atoms with van der Waals surface area (Å²) in [5, 5.41) is 1.71. The summed E-state index contributed by atoms with van der Waals surface area (Å²) < 4.78 is 111. The number of nitrogens with zero attached hydrogens (tertiary/aromatic N) is 2. The lowest BCUT2D eigenvalue weighted by Crippen LogP contribution is -2.35. The maximum absolute atomic E-state index is 15.8. The number of amides is 2. The predicted molar refractivity (Wildman–Crippen MR) is 142 cm³/mol. The molecule has 2 aromatic carbocycles. The van der Waals surface area contributed by atoms with Gasteiger partial charge in [-0.3, -0.25) is 9.59 Å². The van der Waals surface area contributed by atoms with Crippen molar-refractivity contribution in [1.82, 2.24) is 4.98 Å². The number of pyridine rings is 1. The van der Waals surface area contributed by atoms with Gasteiger partial charge in [-0.25, -0.2) is 13.8 Å². The standard InChI is InChI=1S/C27H19BrClF8N3O2/c1-25(31,27(35,36)37)14-10-17(26(32,33)34)21(18(28)11-14)39-23(41)15-4-2-6-19(20(15)30)40(12-13-7-8-13)24(42)16-5-3-9-38-22(16)29/h2-6,9-11,13H,7-8,12H2,1H3,(H,39,41). The average Bonchev–Trinajstić information content (AvgIpc) is 3.71. The van der Waals surface area contributed by atoms with Crippen LogP contribution in [0.15, 0.2) is 53.1 Å². The van der Waals surface area contributed by atoms with Crippen molar-refractivity contribution in [3.63, 3.8) is 0 Å². The number of benzene rings is 2. The third-order valence-electron chi connectivity index (χ3n) is 6.59. The monoisotopic (exact) mass is 683 g/mol. The maximum atomic E-state index is 15.8. The van der Waals surface area contributed by atoms with Crippen LogP contribution in [-0.2, 0) is 11.8 Å². The number of alkyl halides is 7. The van der Waals surface area contributed by atoms with Crippen LogP contribution in [0.5, 0.6) is 0 Å². The number of carbonyl (C=O) groups excluding carboxylic acids is 2. The second-order valence-electron chi connectivity index (χ2n) is 9.67. The van der Waals surface area contributed by atoms with Crippen LogP contribution in [0, 0.1) is 11.7 Å². The zero-order valence-corrected chi connectivity index (χ0v) is 23.6. The number of aromatic nitrogens is 1. The highest BCUT2D eigenvalue weighted by atomic mass is 79.9. The SMILES string of the molecule is CC(F)(c1cc(Br)c(NC(=O)c2cccc(N(CC3CC3)C(=O)c3cccnc3Cl)c2F)c(C(F)(F)F)c1)C(F)(F)F. The van der Waals surface area contributed by atoms with Crippen LogP contribution >= 0.6 is 27.5 Å². The minimum Gasteiger partial charge on any atom is -0.320 e. The fraction of sp³-hybridized carbons (Fsp3) is 0.296. The Kier molecular flexibility index (Phi) is 8.62. The quantitative estimate of drug-likeness (QED) is 0.200. The van der Waals surface area contributed by atoms with Crippen LogP contribution in [0.2, 0.25) is 5.15 Å². The van der Waals surface area contributed by atoms with Gasteiger partial charge in [-0.2, -0.15) is 26.3 Å². The van der Waals surface area contributed by atoms with Crippen LogP contribution < -0.4 is 10.2 Å². The van der Waals surface area contributed by atoms with Crippen LogP contribution in [0.3, 0.4) is 0 Å². The second-order valence-corrected chi connectivity index (χ2v) is 10.9. The molecule has 0 aliphatic heterocycles. The Bertz CT molecular complexity index is 1540. The van der Waals surface area contributed by atoms with Gasteiger partial charge in [-0.15, -0.1) is 0 Å². The Balaban J connectivity index is 1.74. The number of carbonyl (C=O) groups is 2. The van der Waals surface area contributed by atoms with E-state index in [1.165, 1.54) is 30.5 Å². The summed E-state index contributed by atoms with van der Waals surface area (Å²) >= 11 is 8.73. The lowest BCUT2D eigenvalue weighted by atomic mass is 9.94. The highest BCUT2D eigenvalue weighted by Gasteiger charge is 2.54. The first kappa shape index (κ1) is 31.7. The molecular formula is C27H19BrClF8N3O2. The molecule has 3 aromatic rings. The molecule has 1 unspecified atom stereocenters. The number of halogens is 10. The van der Waals surface area contributed by atoms with E-state index in [0.29, 0.717) is 6.07 Å². The van der Waals surface area contributed by atoms with E-state index in [-0.39, 0.29) is 41.9 Å². The van der Waals surface area contributed by atoms with Gasteiger partial charge in [0.05, 0.1) is 28.1 Å². The van der Waals surface area contributed by atoms with E-state index in [1.54, 1.807) is 0 Å². The summed E-state index contributed by atoms with van der Waals surface area (Å²) in [6.07, 6.45) is -8.05. The highest BCUT2D eigenvalue weighted by Crippen LogP contribution is 2.47. The van der Waals surface area contributed by atoms with Crippen molar-refractivity contribution in [2.75, 3.05) is 16.8 Å². The van der Waals surface area contributed by atoms with Crippen molar-refractivity contribution >= 4 is 50.7 Å². The summed E-state index contributed by atoms with van der Waals surface area (Å²) in [4.78, 5) is 31.3. The molecule has 5 nitrogen and oxygen atoms in total. The fourth-order valence-corrected chi connectivity index (χ4v) is 4.78. The molecule has 1 aromatic heterocycles. The first-order chi connectivity index (χ1) is 19.4. The molecule has 1 saturated carbocycles. The molecule has 1 fully saturated rings. The topological polar surface area (TPSA) is 62.3 Å². The molecule has 1 atom stereocenters. The molecule has 1 aliphatic carbocycles. The van der Waals surface area contributed by atoms with E-state index in [0.717, 1.165) is 23.8 Å². The van der Waals surface area contributed by atoms with Crippen molar-refractivity contribution in [2.45, 2.75) is 37.8 Å². The fourth-order valence-electron chi connectivity index (χ4n) is 4.02. The number of hydrogen-bond donors (Lipinski definition) is 1. The smallest absolute Gasteiger partial charge is 0.320 e. The molecule has 0 radical (unpaired) electrons. The first-order valence-electron chi connectivity index (χ1n) is 12.1. The van der Waals surface area contributed by atoms with E-state index in [2.05, 4.69) is 20.9 Å². The highest BCUT2D eigenvalue weighted by molar-refractivity contribution is 9.10. The predicted octanol–water partition coefficient (Wildman–Crippen LogP) is 8.71. The number of anilines is 2. The van der Waals surface area contributed by atoms with E-state index < -0.39 is 62.5 Å². The minimum atomic E-state index is -5.55. The number of nitrogens with one attached hydrogen (secondary N) is 1. The zero-order chi connectivity index (χ0) is 31.2. The summed E-state index contributed by atoms with van der Waals surface area (Å²) in [6.45, 7) is 0.111. The van der Waals surface area contributed by atoms with Gasteiger partial charge in [-0.05, 0) is 83.6 Å². The largest absolute Gasteiger partial charge is 0.426 e. The van der Waals surface area contributed by atoms with Crippen LogP contribution in [0.4, 0.5) is 46.5 Å². The van der Waals surface area contributed by atoms with E-state index in [9.17, 15) is 40.3 Å². The molecule has 0 saturated heterocycles. The van der Waals surface area contributed by atoms with Gasteiger partial charge in [0, 0.05) is 17.2 Å². The average molecular weight is 685 g/mol. The first-order valence-corrected chi connectivity index (χ1v) is 13.3. The molecule has 0 spiro atoms. The number of rotatable bonds is 7. The molecule has 4 rings (SSSR count). The molecule has 42 heavy (non-hydrogen) atoms. The van der Waals surface area contributed by atoms with E-state index in [1.807, 2.05) is 5.32 Å². The Morgan fingerprint density at radius 3 is 2.26 bits per heavy atom. The molecule has 1 N–H and O–H groups in total. The van der Waals surface area contributed by atoms with Crippen molar-refractivity contribution in [3.05, 3.63) is 86.4 Å². The van der Waals surface area contributed by atoms with Crippen LogP contribution in [-0.4, -0.2) is 29.5 Å². The summed E-state index contributed by atoms with van der Waals surface area (Å²) in [5.41, 5.74) is -9.58. The molecule has 1 heterocycles. The minimum absolute atomic E-state index is 0.0305. The summed E-state index contributed by atoms with van der Waals surface area (Å²) in [6, 6.07) is 6.52. The van der Waals surface area contributed by atoms with Gasteiger partial charge in [0.1, 0.15) is 5.15 Å². The van der Waals surface area contributed by atoms with Gasteiger partial charge in [0.25, 0.3) is 11.8 Å². The molecule has 1 aliphatic rings.